The van der Waals surface area contributed by atoms with E-state index in [1.54, 1.807) is 0 Å². The molecule has 0 spiro atoms. The van der Waals surface area contributed by atoms with Crippen molar-refractivity contribution in [3.05, 3.63) is 36.5 Å². The third-order valence-corrected chi connectivity index (χ3v) is 1.95. The quantitative estimate of drug-likeness (QED) is 0.481. The van der Waals surface area contributed by atoms with Crippen LogP contribution in [-0.4, -0.2) is 29.4 Å². The molecular formula is C12H11F3N2O2. The van der Waals surface area contributed by atoms with Crippen LogP contribution in [0.25, 0.3) is 0 Å². The number of alkyl halides is 3. The van der Waals surface area contributed by atoms with Gasteiger partial charge in [-0.3, -0.25) is 0 Å². The Bertz CT molecular complexity index is 495. The lowest BCUT2D eigenvalue weighted by atomic mass is 10.1. The molecule has 0 saturated heterocycles. The zero-order chi connectivity index (χ0) is 14.5. The number of nitrogens with zero attached hydrogens (tertiary/aromatic N) is 2. The van der Waals surface area contributed by atoms with E-state index in [0.717, 1.165) is 0 Å². The van der Waals surface area contributed by atoms with Crippen molar-refractivity contribution >= 4 is 17.5 Å². The average Bonchev–Trinajstić information content (AvgIpc) is 2.35. The molecule has 1 aromatic heterocycles. The number of hydrogen-bond acceptors (Lipinski definition) is 4. The predicted molar refractivity (Wildman–Crippen MR) is 63.2 cm³/mol. The Labute approximate surface area is 107 Å². The fraction of sp³-hybridized carbons (Fsp3) is 0.250. The minimum Gasteiger partial charge on any atom is -0.462 e. The van der Waals surface area contributed by atoms with Crippen LogP contribution >= 0.6 is 0 Å². The SMILES string of the molecule is C=C(C(=O)OCC)C(=Nc1ccccn1)C(F)(F)F. The van der Waals surface area contributed by atoms with Crippen LogP contribution in [0, 0.1) is 0 Å². The molecule has 0 saturated carbocycles. The van der Waals surface area contributed by atoms with Crippen LogP contribution in [0.2, 0.25) is 0 Å². The maximum absolute atomic E-state index is 12.8. The molecule has 0 fully saturated rings. The number of aromatic nitrogens is 1. The van der Waals surface area contributed by atoms with Gasteiger partial charge in [0.1, 0.15) is 0 Å². The second kappa shape index (κ2) is 6.12. The molecule has 0 bridgehead atoms. The summed E-state index contributed by atoms with van der Waals surface area (Å²) in [5, 5.41) is 0. The van der Waals surface area contributed by atoms with Gasteiger partial charge in [-0.25, -0.2) is 14.8 Å². The summed E-state index contributed by atoms with van der Waals surface area (Å²) in [6.07, 6.45) is -3.53. The molecule has 0 unspecified atom stereocenters. The molecule has 0 aromatic carbocycles. The Morgan fingerprint density at radius 2 is 2.16 bits per heavy atom. The van der Waals surface area contributed by atoms with Crippen molar-refractivity contribution in [3.8, 4) is 0 Å². The van der Waals surface area contributed by atoms with Crippen molar-refractivity contribution in [1.29, 1.82) is 0 Å². The summed E-state index contributed by atoms with van der Waals surface area (Å²) in [5.41, 5.74) is -2.26. The van der Waals surface area contributed by atoms with E-state index < -0.39 is 23.4 Å². The first-order valence-corrected chi connectivity index (χ1v) is 5.29. The summed E-state index contributed by atoms with van der Waals surface area (Å²) < 4.78 is 43.0. The van der Waals surface area contributed by atoms with Crippen LogP contribution in [0.15, 0.2) is 41.5 Å². The molecule has 19 heavy (non-hydrogen) atoms. The molecule has 102 valence electrons. The topological polar surface area (TPSA) is 51.5 Å². The molecular weight excluding hydrogens is 261 g/mol. The minimum absolute atomic E-state index is 0.0490. The van der Waals surface area contributed by atoms with E-state index in [4.69, 9.17) is 0 Å². The zero-order valence-electron chi connectivity index (χ0n) is 10.1. The molecule has 0 aliphatic rings. The molecule has 0 aliphatic carbocycles. The first kappa shape index (κ1) is 14.9. The van der Waals surface area contributed by atoms with E-state index >= 15 is 0 Å². The van der Waals surface area contributed by atoms with Crippen LogP contribution in [0.4, 0.5) is 19.0 Å². The average molecular weight is 272 g/mol. The minimum atomic E-state index is -4.82. The first-order valence-electron chi connectivity index (χ1n) is 5.29. The van der Waals surface area contributed by atoms with E-state index in [1.165, 1.54) is 31.3 Å². The second-order valence-electron chi connectivity index (χ2n) is 3.35. The zero-order valence-corrected chi connectivity index (χ0v) is 10.1. The molecule has 1 aromatic rings. The summed E-state index contributed by atoms with van der Waals surface area (Å²) in [6, 6.07) is 4.30. The van der Waals surface area contributed by atoms with E-state index in [1.807, 2.05) is 0 Å². The van der Waals surface area contributed by atoms with Gasteiger partial charge in [-0.1, -0.05) is 12.6 Å². The van der Waals surface area contributed by atoms with Gasteiger partial charge in [0.05, 0.1) is 12.2 Å². The maximum atomic E-state index is 12.8. The summed E-state index contributed by atoms with van der Waals surface area (Å²) in [7, 11) is 0. The number of carbonyl (C=O) groups is 1. The third-order valence-electron chi connectivity index (χ3n) is 1.95. The van der Waals surface area contributed by atoms with Crippen LogP contribution in [0.5, 0.6) is 0 Å². The van der Waals surface area contributed by atoms with Crippen LogP contribution in [0.3, 0.4) is 0 Å². The van der Waals surface area contributed by atoms with Crippen molar-refractivity contribution in [2.24, 2.45) is 4.99 Å². The number of carbonyl (C=O) groups excluding carboxylic acids is 1. The Balaban J connectivity index is 3.14. The van der Waals surface area contributed by atoms with Crippen molar-refractivity contribution < 1.29 is 22.7 Å². The number of halogens is 3. The smallest absolute Gasteiger partial charge is 0.434 e. The van der Waals surface area contributed by atoms with E-state index in [0.29, 0.717) is 0 Å². The fourth-order valence-corrected chi connectivity index (χ4v) is 1.15. The molecule has 0 amide bonds. The standard InChI is InChI=1S/C12H11F3N2O2/c1-3-19-11(18)8(2)10(12(13,14)15)17-9-6-4-5-7-16-9/h4-7H,2-3H2,1H3. The van der Waals surface area contributed by atoms with Gasteiger partial charge in [-0.05, 0) is 19.1 Å². The lowest BCUT2D eigenvalue weighted by Gasteiger charge is -2.11. The number of hydrogen-bond donors (Lipinski definition) is 0. The van der Waals surface area contributed by atoms with Gasteiger partial charge in [0.25, 0.3) is 0 Å². The monoisotopic (exact) mass is 272 g/mol. The van der Waals surface area contributed by atoms with Gasteiger partial charge in [0.2, 0.25) is 0 Å². The highest BCUT2D eigenvalue weighted by Crippen LogP contribution is 2.25. The molecule has 4 nitrogen and oxygen atoms in total. The van der Waals surface area contributed by atoms with Crippen LogP contribution < -0.4 is 0 Å². The van der Waals surface area contributed by atoms with E-state index in [2.05, 4.69) is 21.3 Å². The highest BCUT2D eigenvalue weighted by Gasteiger charge is 2.40. The molecule has 7 heteroatoms. The first-order chi connectivity index (χ1) is 8.86. The highest BCUT2D eigenvalue weighted by molar-refractivity contribution is 6.22. The molecule has 0 radical (unpaired) electrons. The maximum Gasteiger partial charge on any atom is 0.434 e. The normalized spacial score (nSPS) is 12.1. The number of rotatable bonds is 4. The van der Waals surface area contributed by atoms with Crippen molar-refractivity contribution in [1.82, 2.24) is 4.98 Å². The van der Waals surface area contributed by atoms with Gasteiger partial charge in [-0.2, -0.15) is 13.2 Å². The molecule has 0 atom stereocenters. The van der Waals surface area contributed by atoms with Gasteiger partial charge in [-0.15, -0.1) is 0 Å². The molecule has 1 rings (SSSR count). The van der Waals surface area contributed by atoms with E-state index in [9.17, 15) is 18.0 Å². The number of aliphatic imine (C=N–C) groups is 1. The summed E-state index contributed by atoms with van der Waals surface area (Å²) in [6.45, 7) is 4.51. The highest BCUT2D eigenvalue weighted by atomic mass is 19.4. The van der Waals surface area contributed by atoms with E-state index in [-0.39, 0.29) is 12.4 Å². The van der Waals surface area contributed by atoms with Gasteiger partial charge < -0.3 is 4.74 Å². The number of ether oxygens (including phenoxy) is 1. The Hall–Kier alpha value is -2.18. The van der Waals surface area contributed by atoms with Crippen molar-refractivity contribution in [2.45, 2.75) is 13.1 Å². The third kappa shape index (κ3) is 4.20. The van der Waals surface area contributed by atoms with Crippen LogP contribution in [-0.2, 0) is 9.53 Å². The van der Waals surface area contributed by atoms with Gasteiger partial charge in [0.15, 0.2) is 11.5 Å². The molecule has 1 heterocycles. The molecule has 0 N–H and O–H groups in total. The fourth-order valence-electron chi connectivity index (χ4n) is 1.15. The summed E-state index contributed by atoms with van der Waals surface area (Å²) >= 11 is 0. The van der Waals surface area contributed by atoms with Crippen LogP contribution in [0.1, 0.15) is 6.92 Å². The Kier molecular flexibility index (Phi) is 4.80. The van der Waals surface area contributed by atoms with Crippen molar-refractivity contribution in [2.75, 3.05) is 6.61 Å². The van der Waals surface area contributed by atoms with Gasteiger partial charge >= 0.3 is 12.1 Å². The number of pyridine rings is 1. The largest absolute Gasteiger partial charge is 0.462 e. The van der Waals surface area contributed by atoms with Crippen molar-refractivity contribution in [3.63, 3.8) is 0 Å². The van der Waals surface area contributed by atoms with Gasteiger partial charge in [0, 0.05) is 6.20 Å². The lowest BCUT2D eigenvalue weighted by Crippen LogP contribution is -2.29. The summed E-state index contributed by atoms with van der Waals surface area (Å²) in [5.74, 6) is -1.32. The molecule has 0 aliphatic heterocycles. The Morgan fingerprint density at radius 3 is 2.63 bits per heavy atom. The second-order valence-corrected chi connectivity index (χ2v) is 3.35. The Morgan fingerprint density at radius 1 is 1.47 bits per heavy atom. The lowest BCUT2D eigenvalue weighted by molar-refractivity contribution is -0.138. The predicted octanol–water partition coefficient (Wildman–Crippen LogP) is 2.84. The number of esters is 1. The summed E-state index contributed by atoms with van der Waals surface area (Å²) in [4.78, 5) is 18.3.